The fourth-order valence-electron chi connectivity index (χ4n) is 3.71. The summed E-state index contributed by atoms with van der Waals surface area (Å²) in [5, 5.41) is 14.5. The molecule has 0 fully saturated rings. The van der Waals surface area contributed by atoms with Crippen LogP contribution in [0.3, 0.4) is 0 Å². The predicted octanol–water partition coefficient (Wildman–Crippen LogP) is 3.21. The molecule has 0 heterocycles. The minimum Gasteiger partial charge on any atom is -0.480 e. The molecule has 0 radical (unpaired) electrons. The van der Waals surface area contributed by atoms with Crippen molar-refractivity contribution in [1.82, 2.24) is 10.6 Å². The Morgan fingerprint density at radius 2 is 1.58 bits per heavy atom. The topological polar surface area (TPSA) is 131 Å². The summed E-state index contributed by atoms with van der Waals surface area (Å²) in [7, 11) is 0. The highest BCUT2D eigenvalue weighted by molar-refractivity contribution is 5.97. The van der Waals surface area contributed by atoms with E-state index in [0.29, 0.717) is 17.7 Å². The number of carboxylic acids is 1. The zero-order valence-corrected chi connectivity index (χ0v) is 20.0. The Morgan fingerprint density at radius 1 is 0.889 bits per heavy atom. The summed E-state index contributed by atoms with van der Waals surface area (Å²) in [6.07, 6.45) is 2.88. The van der Waals surface area contributed by atoms with Gasteiger partial charge in [0, 0.05) is 18.5 Å². The van der Waals surface area contributed by atoms with Crippen LogP contribution in [0.2, 0.25) is 0 Å². The Kier molecular flexibility index (Phi) is 9.88. The van der Waals surface area contributed by atoms with Crippen molar-refractivity contribution < 1.29 is 24.2 Å². The van der Waals surface area contributed by atoms with Gasteiger partial charge >= 0.3 is 5.97 Å². The van der Waals surface area contributed by atoms with E-state index in [1.54, 1.807) is 42.5 Å². The molecule has 0 aromatic heterocycles. The molecule has 3 aromatic carbocycles. The van der Waals surface area contributed by atoms with Gasteiger partial charge in [0.25, 0.3) is 5.91 Å². The molecular weight excluding hydrogens is 458 g/mol. The van der Waals surface area contributed by atoms with Crippen LogP contribution in [0.1, 0.15) is 34.3 Å². The number of carbonyl (C=O) groups is 3. The molecule has 5 N–H and O–H groups in total. The number of aryl methyl sites for hydroxylation is 1. The SMILES string of the molecule is Nc1cc(C[C@H](NC(=O)c2ccccc2)C(=O)NCCCCc2ccccc2)ccc1OCC(=O)O. The average molecular weight is 490 g/mol. The number of nitrogens with one attached hydrogen (secondary N) is 2. The molecule has 2 amide bonds. The Hall–Kier alpha value is -4.33. The summed E-state index contributed by atoms with van der Waals surface area (Å²) in [6, 6.07) is 22.9. The first kappa shape index (κ1) is 26.3. The fraction of sp³-hybridized carbons (Fsp3) is 0.250. The fourth-order valence-corrected chi connectivity index (χ4v) is 3.71. The molecule has 8 nitrogen and oxygen atoms in total. The van der Waals surface area contributed by atoms with Crippen LogP contribution in [0.15, 0.2) is 78.9 Å². The van der Waals surface area contributed by atoms with Crippen molar-refractivity contribution in [2.45, 2.75) is 31.7 Å². The lowest BCUT2D eigenvalue weighted by atomic mass is 10.0. The molecule has 0 aliphatic carbocycles. The summed E-state index contributed by atoms with van der Waals surface area (Å²) in [5.74, 6) is -1.51. The van der Waals surface area contributed by atoms with Crippen molar-refractivity contribution in [3.8, 4) is 5.75 Å². The zero-order chi connectivity index (χ0) is 25.8. The number of carboxylic acid groups (broad SMARTS) is 1. The molecule has 0 spiro atoms. The summed E-state index contributed by atoms with van der Waals surface area (Å²) >= 11 is 0. The molecule has 0 aliphatic heterocycles. The van der Waals surface area contributed by atoms with Gasteiger partial charge in [-0.05, 0) is 54.7 Å². The Bertz CT molecular complexity index is 1150. The lowest BCUT2D eigenvalue weighted by molar-refractivity contribution is -0.139. The molecule has 0 saturated carbocycles. The summed E-state index contributed by atoms with van der Waals surface area (Å²) in [6.45, 7) is -0.0144. The number of anilines is 1. The molecule has 36 heavy (non-hydrogen) atoms. The van der Waals surface area contributed by atoms with Crippen LogP contribution in [0.25, 0.3) is 0 Å². The van der Waals surface area contributed by atoms with Gasteiger partial charge in [0.2, 0.25) is 5.91 Å². The van der Waals surface area contributed by atoms with Crippen molar-refractivity contribution in [3.05, 3.63) is 95.6 Å². The van der Waals surface area contributed by atoms with E-state index in [0.717, 1.165) is 19.3 Å². The molecule has 0 aliphatic rings. The van der Waals surface area contributed by atoms with E-state index >= 15 is 0 Å². The molecule has 0 saturated heterocycles. The molecule has 3 aromatic rings. The van der Waals surface area contributed by atoms with Gasteiger partial charge in [-0.25, -0.2) is 4.79 Å². The zero-order valence-electron chi connectivity index (χ0n) is 20.0. The number of benzene rings is 3. The number of hydrogen-bond donors (Lipinski definition) is 4. The largest absolute Gasteiger partial charge is 0.480 e. The maximum atomic E-state index is 13.0. The van der Waals surface area contributed by atoms with Crippen molar-refractivity contribution in [1.29, 1.82) is 0 Å². The van der Waals surface area contributed by atoms with Gasteiger partial charge in [0.1, 0.15) is 11.8 Å². The Morgan fingerprint density at radius 3 is 2.25 bits per heavy atom. The van der Waals surface area contributed by atoms with Crippen LogP contribution < -0.4 is 21.1 Å². The maximum absolute atomic E-state index is 13.0. The van der Waals surface area contributed by atoms with E-state index in [1.165, 1.54) is 5.56 Å². The smallest absolute Gasteiger partial charge is 0.341 e. The van der Waals surface area contributed by atoms with Crippen molar-refractivity contribution in [2.24, 2.45) is 0 Å². The molecular formula is C28H31N3O5. The predicted molar refractivity (Wildman–Crippen MR) is 138 cm³/mol. The number of nitrogens with two attached hydrogens (primary N) is 1. The number of aliphatic carboxylic acids is 1. The normalized spacial score (nSPS) is 11.3. The Labute approximate surface area is 210 Å². The minimum absolute atomic E-state index is 0.206. The molecule has 3 rings (SSSR count). The van der Waals surface area contributed by atoms with Gasteiger partial charge in [-0.15, -0.1) is 0 Å². The van der Waals surface area contributed by atoms with Gasteiger partial charge in [-0.2, -0.15) is 0 Å². The second kappa shape index (κ2) is 13.5. The van der Waals surface area contributed by atoms with E-state index in [2.05, 4.69) is 22.8 Å². The second-order valence-electron chi connectivity index (χ2n) is 8.38. The molecule has 8 heteroatoms. The highest BCUT2D eigenvalue weighted by Crippen LogP contribution is 2.23. The van der Waals surface area contributed by atoms with Crippen LogP contribution in [-0.2, 0) is 22.4 Å². The first-order valence-electron chi connectivity index (χ1n) is 11.8. The second-order valence-corrected chi connectivity index (χ2v) is 8.38. The van der Waals surface area contributed by atoms with Gasteiger partial charge in [-0.1, -0.05) is 54.6 Å². The number of amides is 2. The molecule has 188 valence electrons. The number of ether oxygens (including phenoxy) is 1. The monoisotopic (exact) mass is 489 g/mol. The van der Waals surface area contributed by atoms with Crippen LogP contribution in [0.5, 0.6) is 5.75 Å². The molecule has 0 unspecified atom stereocenters. The van der Waals surface area contributed by atoms with Gasteiger partial charge < -0.3 is 26.2 Å². The van der Waals surface area contributed by atoms with Crippen LogP contribution in [0.4, 0.5) is 5.69 Å². The minimum atomic E-state index is -1.11. The average Bonchev–Trinajstić information content (AvgIpc) is 2.88. The van der Waals surface area contributed by atoms with E-state index in [-0.39, 0.29) is 29.7 Å². The molecule has 1 atom stereocenters. The van der Waals surface area contributed by atoms with Crippen molar-refractivity contribution >= 4 is 23.5 Å². The Balaban J connectivity index is 1.62. The van der Waals surface area contributed by atoms with Gasteiger partial charge in [0.15, 0.2) is 6.61 Å². The first-order chi connectivity index (χ1) is 17.4. The lowest BCUT2D eigenvalue weighted by Crippen LogP contribution is -2.48. The van der Waals surface area contributed by atoms with E-state index in [9.17, 15) is 14.4 Å². The third-order valence-electron chi connectivity index (χ3n) is 5.56. The van der Waals surface area contributed by atoms with Crippen LogP contribution in [0, 0.1) is 0 Å². The van der Waals surface area contributed by atoms with Gasteiger partial charge in [-0.3, -0.25) is 9.59 Å². The third-order valence-corrected chi connectivity index (χ3v) is 5.56. The first-order valence-corrected chi connectivity index (χ1v) is 11.8. The van der Waals surface area contributed by atoms with Crippen molar-refractivity contribution in [3.63, 3.8) is 0 Å². The summed E-state index contributed by atoms with van der Waals surface area (Å²) in [4.78, 5) is 36.5. The van der Waals surface area contributed by atoms with E-state index in [1.807, 2.05) is 24.3 Å². The number of unbranched alkanes of at least 4 members (excludes halogenated alkanes) is 1. The number of nitrogen functional groups attached to an aromatic ring is 1. The lowest BCUT2D eigenvalue weighted by Gasteiger charge is -2.19. The number of rotatable bonds is 13. The van der Waals surface area contributed by atoms with Crippen LogP contribution >= 0.6 is 0 Å². The third kappa shape index (κ3) is 8.47. The van der Waals surface area contributed by atoms with Crippen LogP contribution in [-0.4, -0.2) is 42.1 Å². The van der Waals surface area contributed by atoms with Gasteiger partial charge in [0.05, 0.1) is 5.69 Å². The number of carbonyl (C=O) groups excluding carboxylic acids is 2. The highest BCUT2D eigenvalue weighted by atomic mass is 16.5. The number of hydrogen-bond acceptors (Lipinski definition) is 5. The highest BCUT2D eigenvalue weighted by Gasteiger charge is 2.22. The molecule has 0 bridgehead atoms. The maximum Gasteiger partial charge on any atom is 0.341 e. The van der Waals surface area contributed by atoms with Crippen molar-refractivity contribution in [2.75, 3.05) is 18.9 Å². The summed E-state index contributed by atoms with van der Waals surface area (Å²) in [5.41, 5.74) is 8.67. The standard InChI is InChI=1S/C28H31N3O5/c29-23-17-21(14-15-25(23)36-19-26(32)33)18-24(31-27(34)22-12-5-2-6-13-22)28(35)30-16-8-7-11-20-9-3-1-4-10-20/h1-6,9-10,12-15,17,24H,7-8,11,16,18-19,29H2,(H,30,35)(H,31,34)(H,32,33)/t24-/m0/s1. The summed E-state index contributed by atoms with van der Waals surface area (Å²) < 4.78 is 5.16. The van der Waals surface area contributed by atoms with E-state index in [4.69, 9.17) is 15.6 Å². The van der Waals surface area contributed by atoms with E-state index < -0.39 is 18.6 Å². The quantitative estimate of drug-likeness (QED) is 0.215.